The molecule has 0 aliphatic rings. The summed E-state index contributed by atoms with van der Waals surface area (Å²) < 4.78 is 5.16. The number of rotatable bonds is 3. The highest BCUT2D eigenvalue weighted by Gasteiger charge is 2.13. The molecule has 0 aromatic heterocycles. The van der Waals surface area contributed by atoms with Gasteiger partial charge in [-0.15, -0.1) is 0 Å². The number of carbonyl (C=O) groups is 1. The highest BCUT2D eigenvalue weighted by atomic mass is 35.5. The summed E-state index contributed by atoms with van der Waals surface area (Å²) in [5.41, 5.74) is 1.45. The number of benzene rings is 1. The Balaban J connectivity index is 3.34. The van der Waals surface area contributed by atoms with E-state index in [1.807, 2.05) is 6.92 Å². The standard InChI is InChI=1S/C11H13ClO2/c1-4-8-10(14-3)6-5-9(7(2)13)11(8)12/h5-6H,4H2,1-3H3. The van der Waals surface area contributed by atoms with Gasteiger partial charge in [0.15, 0.2) is 5.78 Å². The lowest BCUT2D eigenvalue weighted by molar-refractivity contribution is 0.101. The van der Waals surface area contributed by atoms with Gasteiger partial charge in [-0.2, -0.15) is 0 Å². The van der Waals surface area contributed by atoms with E-state index in [1.165, 1.54) is 6.92 Å². The van der Waals surface area contributed by atoms with Crippen LogP contribution in [0.5, 0.6) is 5.75 Å². The van der Waals surface area contributed by atoms with Crippen LogP contribution in [0.2, 0.25) is 5.02 Å². The van der Waals surface area contributed by atoms with Crippen molar-refractivity contribution in [3.05, 3.63) is 28.3 Å². The second kappa shape index (κ2) is 4.47. The van der Waals surface area contributed by atoms with Crippen molar-refractivity contribution in [3.63, 3.8) is 0 Å². The molecule has 0 saturated carbocycles. The number of hydrogen-bond donors (Lipinski definition) is 0. The van der Waals surface area contributed by atoms with Crippen molar-refractivity contribution in [1.82, 2.24) is 0 Å². The molecule has 0 unspecified atom stereocenters. The van der Waals surface area contributed by atoms with Crippen molar-refractivity contribution < 1.29 is 9.53 Å². The minimum atomic E-state index is -0.0210. The van der Waals surface area contributed by atoms with E-state index < -0.39 is 0 Å². The van der Waals surface area contributed by atoms with Crippen LogP contribution >= 0.6 is 11.6 Å². The first-order chi connectivity index (χ1) is 6.61. The summed E-state index contributed by atoms with van der Waals surface area (Å²) in [4.78, 5) is 11.2. The Morgan fingerprint density at radius 3 is 2.57 bits per heavy atom. The molecule has 2 nitrogen and oxygen atoms in total. The number of hydrogen-bond acceptors (Lipinski definition) is 2. The fourth-order valence-corrected chi connectivity index (χ4v) is 1.82. The molecule has 14 heavy (non-hydrogen) atoms. The minimum Gasteiger partial charge on any atom is -0.496 e. The number of methoxy groups -OCH3 is 1. The van der Waals surface area contributed by atoms with E-state index in [0.717, 1.165) is 17.7 Å². The average Bonchev–Trinajstić information content (AvgIpc) is 2.16. The van der Waals surface area contributed by atoms with Gasteiger partial charge in [-0.3, -0.25) is 4.79 Å². The van der Waals surface area contributed by atoms with Crippen molar-refractivity contribution in [3.8, 4) is 5.75 Å². The van der Waals surface area contributed by atoms with Gasteiger partial charge in [0.25, 0.3) is 0 Å². The Morgan fingerprint density at radius 2 is 2.14 bits per heavy atom. The predicted octanol–water partition coefficient (Wildman–Crippen LogP) is 3.11. The van der Waals surface area contributed by atoms with E-state index in [2.05, 4.69) is 0 Å². The zero-order valence-electron chi connectivity index (χ0n) is 8.56. The van der Waals surface area contributed by atoms with Crippen molar-refractivity contribution in [2.24, 2.45) is 0 Å². The molecule has 1 aromatic rings. The molecule has 0 aliphatic carbocycles. The van der Waals surface area contributed by atoms with Gasteiger partial charge < -0.3 is 4.74 Å². The van der Waals surface area contributed by atoms with Gasteiger partial charge in [0.1, 0.15) is 5.75 Å². The second-order valence-electron chi connectivity index (χ2n) is 3.02. The van der Waals surface area contributed by atoms with E-state index in [9.17, 15) is 4.79 Å². The highest BCUT2D eigenvalue weighted by Crippen LogP contribution is 2.30. The van der Waals surface area contributed by atoms with Crippen molar-refractivity contribution in [1.29, 1.82) is 0 Å². The fourth-order valence-electron chi connectivity index (χ4n) is 1.40. The topological polar surface area (TPSA) is 26.3 Å². The summed E-state index contributed by atoms with van der Waals surface area (Å²) >= 11 is 6.09. The lowest BCUT2D eigenvalue weighted by Crippen LogP contribution is -1.99. The molecule has 0 radical (unpaired) electrons. The van der Waals surface area contributed by atoms with E-state index >= 15 is 0 Å². The van der Waals surface area contributed by atoms with Gasteiger partial charge in [-0.25, -0.2) is 0 Å². The van der Waals surface area contributed by atoms with E-state index in [1.54, 1.807) is 19.2 Å². The predicted molar refractivity (Wildman–Crippen MR) is 57.4 cm³/mol. The molecule has 0 atom stereocenters. The van der Waals surface area contributed by atoms with Gasteiger partial charge in [-0.05, 0) is 25.5 Å². The monoisotopic (exact) mass is 212 g/mol. The first kappa shape index (κ1) is 11.1. The summed E-state index contributed by atoms with van der Waals surface area (Å²) in [6, 6.07) is 3.48. The number of carbonyl (C=O) groups excluding carboxylic acids is 1. The second-order valence-corrected chi connectivity index (χ2v) is 3.40. The van der Waals surface area contributed by atoms with Crippen LogP contribution in [0.15, 0.2) is 12.1 Å². The van der Waals surface area contributed by atoms with Crippen LogP contribution in [0.3, 0.4) is 0 Å². The number of ether oxygens (including phenoxy) is 1. The average molecular weight is 213 g/mol. The van der Waals surface area contributed by atoms with Crippen LogP contribution < -0.4 is 4.74 Å². The van der Waals surface area contributed by atoms with E-state index in [4.69, 9.17) is 16.3 Å². The number of Topliss-reactive ketones (excluding diaryl/α,β-unsaturated/α-hetero) is 1. The lowest BCUT2D eigenvalue weighted by Gasteiger charge is -2.10. The van der Waals surface area contributed by atoms with Gasteiger partial charge in [0, 0.05) is 11.1 Å². The van der Waals surface area contributed by atoms with Gasteiger partial charge in [-0.1, -0.05) is 18.5 Å². The Bertz CT molecular complexity index is 359. The highest BCUT2D eigenvalue weighted by molar-refractivity contribution is 6.34. The summed E-state index contributed by atoms with van der Waals surface area (Å²) in [5.74, 6) is 0.717. The van der Waals surface area contributed by atoms with Crippen molar-refractivity contribution in [2.45, 2.75) is 20.3 Å². The smallest absolute Gasteiger partial charge is 0.161 e. The van der Waals surface area contributed by atoms with Gasteiger partial charge in [0.2, 0.25) is 0 Å². The minimum absolute atomic E-state index is 0.0210. The maximum Gasteiger partial charge on any atom is 0.161 e. The maximum absolute atomic E-state index is 11.2. The Kier molecular flexibility index (Phi) is 3.53. The molecule has 3 heteroatoms. The number of ketones is 1. The van der Waals surface area contributed by atoms with E-state index in [0.29, 0.717) is 10.6 Å². The van der Waals surface area contributed by atoms with E-state index in [-0.39, 0.29) is 5.78 Å². The molecule has 0 heterocycles. The summed E-state index contributed by atoms with van der Waals surface area (Å²) in [5, 5.41) is 0.513. The molecule has 1 aromatic carbocycles. The molecule has 0 N–H and O–H groups in total. The number of halogens is 1. The molecule has 0 bridgehead atoms. The van der Waals surface area contributed by atoms with Gasteiger partial charge >= 0.3 is 0 Å². The molecule has 76 valence electrons. The fraction of sp³-hybridized carbons (Fsp3) is 0.364. The first-order valence-corrected chi connectivity index (χ1v) is 4.85. The normalized spacial score (nSPS) is 10.0. The van der Waals surface area contributed by atoms with Crippen LogP contribution in [0.1, 0.15) is 29.8 Å². The van der Waals surface area contributed by atoms with Crippen LogP contribution in [0, 0.1) is 0 Å². The van der Waals surface area contributed by atoms with Crippen molar-refractivity contribution >= 4 is 17.4 Å². The third-order valence-electron chi connectivity index (χ3n) is 2.15. The lowest BCUT2D eigenvalue weighted by atomic mass is 10.0. The van der Waals surface area contributed by atoms with Crippen LogP contribution in [-0.4, -0.2) is 12.9 Å². The zero-order chi connectivity index (χ0) is 10.7. The van der Waals surface area contributed by atoms with Gasteiger partial charge in [0.05, 0.1) is 12.1 Å². The Hall–Kier alpha value is -1.02. The Morgan fingerprint density at radius 1 is 1.50 bits per heavy atom. The molecule has 0 fully saturated rings. The molecular formula is C11H13ClO2. The third kappa shape index (κ3) is 1.90. The maximum atomic E-state index is 11.2. The molecule has 1 rings (SSSR count). The summed E-state index contributed by atoms with van der Waals surface area (Å²) in [7, 11) is 1.60. The van der Waals surface area contributed by atoms with Crippen LogP contribution in [-0.2, 0) is 6.42 Å². The summed E-state index contributed by atoms with van der Waals surface area (Å²) in [6.45, 7) is 3.49. The summed E-state index contributed by atoms with van der Waals surface area (Å²) in [6.07, 6.45) is 0.753. The third-order valence-corrected chi connectivity index (χ3v) is 2.58. The molecule has 0 amide bonds. The van der Waals surface area contributed by atoms with Crippen LogP contribution in [0.4, 0.5) is 0 Å². The van der Waals surface area contributed by atoms with Crippen molar-refractivity contribution in [2.75, 3.05) is 7.11 Å². The zero-order valence-corrected chi connectivity index (χ0v) is 9.31. The largest absolute Gasteiger partial charge is 0.496 e. The molecule has 0 saturated heterocycles. The molecule has 0 spiro atoms. The first-order valence-electron chi connectivity index (χ1n) is 4.48. The quantitative estimate of drug-likeness (QED) is 0.720. The Labute approximate surface area is 88.8 Å². The molecular weight excluding hydrogens is 200 g/mol. The SMILES string of the molecule is CCc1c(OC)ccc(C(C)=O)c1Cl. The molecule has 0 aliphatic heterocycles. The van der Waals surface area contributed by atoms with Crippen LogP contribution in [0.25, 0.3) is 0 Å².